The molecule has 0 saturated heterocycles. The molecule has 7 heteroatoms. The molecule has 0 bridgehead atoms. The third-order valence-electron chi connectivity index (χ3n) is 4.86. The molecule has 6 nitrogen and oxygen atoms in total. The number of halogens is 1. The van der Waals surface area contributed by atoms with Crippen molar-refractivity contribution in [1.82, 2.24) is 5.32 Å². The van der Waals surface area contributed by atoms with Crippen LogP contribution in [0.4, 0.5) is 5.69 Å². The highest BCUT2D eigenvalue weighted by Gasteiger charge is 2.20. The van der Waals surface area contributed by atoms with Crippen molar-refractivity contribution in [3.63, 3.8) is 0 Å². The molecule has 31 heavy (non-hydrogen) atoms. The molecule has 3 aromatic rings. The van der Waals surface area contributed by atoms with E-state index in [0.717, 1.165) is 11.1 Å². The Hall–Kier alpha value is -3.51. The zero-order valence-corrected chi connectivity index (χ0v) is 17.6. The molecule has 0 aliphatic rings. The molecule has 0 spiro atoms. The van der Waals surface area contributed by atoms with E-state index in [4.69, 9.17) is 11.6 Å². The van der Waals surface area contributed by atoms with E-state index < -0.39 is 11.0 Å². The van der Waals surface area contributed by atoms with Crippen LogP contribution in [0.1, 0.15) is 39.5 Å². The lowest BCUT2D eigenvalue weighted by Gasteiger charge is -2.19. The minimum absolute atomic E-state index is 0.0355. The lowest BCUT2D eigenvalue weighted by Crippen LogP contribution is -2.31. The van der Waals surface area contributed by atoms with E-state index in [-0.39, 0.29) is 30.2 Å². The number of nitro benzene ring substituents is 1. The number of hydrogen-bond acceptors (Lipinski definition) is 4. The fourth-order valence-electron chi connectivity index (χ4n) is 3.18. The molecule has 0 saturated carbocycles. The summed E-state index contributed by atoms with van der Waals surface area (Å²) < 4.78 is 0. The first-order valence-corrected chi connectivity index (χ1v) is 10.1. The molecule has 0 aliphatic carbocycles. The molecular formula is C24H21ClN2O4. The van der Waals surface area contributed by atoms with Gasteiger partial charge in [0.25, 0.3) is 5.69 Å². The Morgan fingerprint density at radius 1 is 1.03 bits per heavy atom. The number of carbonyl (C=O) groups excluding carboxylic acids is 2. The number of rotatable bonds is 8. The average Bonchev–Trinajstić information content (AvgIpc) is 2.74. The first kappa shape index (κ1) is 22.2. The molecule has 0 heterocycles. The van der Waals surface area contributed by atoms with Gasteiger partial charge in [0, 0.05) is 29.1 Å². The van der Waals surface area contributed by atoms with Crippen molar-refractivity contribution >= 4 is 29.0 Å². The van der Waals surface area contributed by atoms with Gasteiger partial charge < -0.3 is 5.32 Å². The number of non-ortho nitro benzene ring substituents is 1. The maximum atomic E-state index is 12.8. The molecule has 1 N–H and O–H groups in total. The summed E-state index contributed by atoms with van der Waals surface area (Å²) >= 11 is 6.11. The van der Waals surface area contributed by atoms with Crippen LogP contribution in [0.5, 0.6) is 0 Å². The van der Waals surface area contributed by atoms with Crippen LogP contribution in [0.25, 0.3) is 0 Å². The van der Waals surface area contributed by atoms with Crippen LogP contribution in [0, 0.1) is 17.0 Å². The SMILES string of the molecule is Cc1ccc(C(=O)CC(NC(=O)Cc2ccc([N+](=O)[O-])cc2)c2cccc(Cl)c2)cc1. The molecule has 0 fully saturated rings. The van der Waals surface area contributed by atoms with Gasteiger partial charge in [-0.05, 0) is 30.2 Å². The number of Topliss-reactive ketones (excluding diaryl/α,β-unsaturated/α-hetero) is 1. The van der Waals surface area contributed by atoms with Crippen LogP contribution in [-0.4, -0.2) is 16.6 Å². The van der Waals surface area contributed by atoms with Crippen molar-refractivity contribution in [3.05, 3.63) is 110 Å². The lowest BCUT2D eigenvalue weighted by atomic mass is 9.97. The summed E-state index contributed by atoms with van der Waals surface area (Å²) in [7, 11) is 0. The maximum absolute atomic E-state index is 12.8. The zero-order chi connectivity index (χ0) is 22.4. The fraction of sp³-hybridized carbons (Fsp3) is 0.167. The van der Waals surface area contributed by atoms with Crippen molar-refractivity contribution < 1.29 is 14.5 Å². The summed E-state index contributed by atoms with van der Waals surface area (Å²) in [4.78, 5) is 35.8. The predicted octanol–water partition coefficient (Wildman–Crippen LogP) is 5.23. The van der Waals surface area contributed by atoms with Crippen LogP contribution in [0.15, 0.2) is 72.8 Å². The number of amides is 1. The highest BCUT2D eigenvalue weighted by atomic mass is 35.5. The van der Waals surface area contributed by atoms with Gasteiger partial charge in [0.2, 0.25) is 5.91 Å². The largest absolute Gasteiger partial charge is 0.349 e. The third kappa shape index (κ3) is 6.23. The smallest absolute Gasteiger partial charge is 0.269 e. The van der Waals surface area contributed by atoms with Gasteiger partial charge in [-0.25, -0.2) is 0 Å². The Labute approximate surface area is 185 Å². The second-order valence-electron chi connectivity index (χ2n) is 7.27. The van der Waals surface area contributed by atoms with Crippen LogP contribution in [-0.2, 0) is 11.2 Å². The van der Waals surface area contributed by atoms with Crippen molar-refractivity contribution in [1.29, 1.82) is 0 Å². The van der Waals surface area contributed by atoms with E-state index in [1.807, 2.05) is 25.1 Å². The fourth-order valence-corrected chi connectivity index (χ4v) is 3.38. The number of nitrogens with zero attached hydrogens (tertiary/aromatic N) is 1. The van der Waals surface area contributed by atoms with Gasteiger partial charge in [-0.15, -0.1) is 0 Å². The summed E-state index contributed by atoms with van der Waals surface area (Å²) in [6.45, 7) is 1.95. The van der Waals surface area contributed by atoms with Crippen molar-refractivity contribution in [2.45, 2.75) is 25.8 Å². The van der Waals surface area contributed by atoms with E-state index in [1.54, 1.807) is 42.5 Å². The molecule has 3 aromatic carbocycles. The van der Waals surface area contributed by atoms with Gasteiger partial charge in [0.05, 0.1) is 17.4 Å². The highest BCUT2D eigenvalue weighted by Crippen LogP contribution is 2.23. The topological polar surface area (TPSA) is 89.3 Å². The number of nitro groups is 1. The normalized spacial score (nSPS) is 11.5. The minimum atomic E-state index is -0.557. The van der Waals surface area contributed by atoms with Gasteiger partial charge >= 0.3 is 0 Å². The molecular weight excluding hydrogens is 416 g/mol. The number of nitrogens with one attached hydrogen (secondary N) is 1. The summed E-state index contributed by atoms with van der Waals surface area (Å²) in [5.74, 6) is -0.392. The van der Waals surface area contributed by atoms with Crippen molar-refractivity contribution in [3.8, 4) is 0 Å². The second-order valence-corrected chi connectivity index (χ2v) is 7.71. The number of hydrogen-bond donors (Lipinski definition) is 1. The van der Waals surface area contributed by atoms with E-state index in [0.29, 0.717) is 16.1 Å². The summed E-state index contributed by atoms with van der Waals surface area (Å²) in [6, 6.07) is 19.6. The monoisotopic (exact) mass is 436 g/mol. The molecule has 0 radical (unpaired) electrons. The van der Waals surface area contributed by atoms with Gasteiger partial charge in [-0.2, -0.15) is 0 Å². The Kier molecular flexibility index (Phi) is 7.15. The van der Waals surface area contributed by atoms with Crippen LogP contribution in [0.3, 0.4) is 0 Å². The Morgan fingerprint density at radius 2 is 1.71 bits per heavy atom. The third-order valence-corrected chi connectivity index (χ3v) is 5.10. The first-order valence-electron chi connectivity index (χ1n) is 9.70. The standard InChI is InChI=1S/C24H21ClN2O4/c1-16-5-9-18(10-6-16)23(28)15-22(19-3-2-4-20(25)14-19)26-24(29)13-17-7-11-21(12-8-17)27(30)31/h2-12,14,22H,13,15H2,1H3,(H,26,29). The molecule has 0 aromatic heterocycles. The molecule has 3 rings (SSSR count). The second kappa shape index (κ2) is 10.00. The lowest BCUT2D eigenvalue weighted by molar-refractivity contribution is -0.384. The molecule has 1 unspecified atom stereocenters. The quantitative estimate of drug-likeness (QED) is 0.297. The van der Waals surface area contributed by atoms with Gasteiger partial charge in [0.1, 0.15) is 0 Å². The van der Waals surface area contributed by atoms with Gasteiger partial charge in [0.15, 0.2) is 5.78 Å². The highest BCUT2D eigenvalue weighted by molar-refractivity contribution is 6.30. The van der Waals surface area contributed by atoms with Crippen molar-refractivity contribution in [2.75, 3.05) is 0 Å². The van der Waals surface area contributed by atoms with E-state index in [1.165, 1.54) is 12.1 Å². The van der Waals surface area contributed by atoms with Crippen LogP contribution in [0.2, 0.25) is 5.02 Å². The van der Waals surface area contributed by atoms with Crippen molar-refractivity contribution in [2.24, 2.45) is 0 Å². The average molecular weight is 437 g/mol. The Bertz CT molecular complexity index is 1100. The van der Waals surface area contributed by atoms with Gasteiger partial charge in [-0.3, -0.25) is 19.7 Å². The number of benzene rings is 3. The first-order chi connectivity index (χ1) is 14.8. The zero-order valence-electron chi connectivity index (χ0n) is 16.9. The molecule has 158 valence electrons. The molecule has 1 atom stereocenters. The summed E-state index contributed by atoms with van der Waals surface area (Å²) in [6.07, 6.45) is 0.114. The number of ketones is 1. The minimum Gasteiger partial charge on any atom is -0.349 e. The predicted molar refractivity (Wildman–Crippen MR) is 119 cm³/mol. The van der Waals surface area contributed by atoms with Crippen LogP contribution < -0.4 is 5.32 Å². The summed E-state index contributed by atoms with van der Waals surface area (Å²) in [5, 5.41) is 14.2. The Morgan fingerprint density at radius 3 is 2.32 bits per heavy atom. The van der Waals surface area contributed by atoms with E-state index >= 15 is 0 Å². The molecule has 1 amide bonds. The molecule has 0 aliphatic heterocycles. The van der Waals surface area contributed by atoms with Crippen LogP contribution >= 0.6 is 11.6 Å². The summed E-state index contributed by atoms with van der Waals surface area (Å²) in [5.41, 5.74) is 2.95. The number of aryl methyl sites for hydroxylation is 1. The van der Waals surface area contributed by atoms with Gasteiger partial charge in [-0.1, -0.05) is 65.7 Å². The number of carbonyl (C=O) groups is 2. The van der Waals surface area contributed by atoms with E-state index in [2.05, 4.69) is 5.32 Å². The van der Waals surface area contributed by atoms with E-state index in [9.17, 15) is 19.7 Å². The Balaban J connectivity index is 1.76. The maximum Gasteiger partial charge on any atom is 0.269 e.